The van der Waals surface area contributed by atoms with Crippen molar-refractivity contribution in [1.82, 2.24) is 19.5 Å². The summed E-state index contributed by atoms with van der Waals surface area (Å²) in [4.78, 5) is 13.7. The molecule has 5 N–H and O–H groups in total. The number of fused-ring (bicyclic) bond motifs is 1. The minimum absolute atomic E-state index is 0.506. The maximum absolute atomic E-state index is 9.91. The van der Waals surface area contributed by atoms with E-state index in [9.17, 15) is 5.11 Å². The summed E-state index contributed by atoms with van der Waals surface area (Å²) < 4.78 is 1.98. The molecule has 3 rings (SSSR count). The normalized spacial score (nSPS) is 11.8. The molecule has 0 aliphatic rings. The monoisotopic (exact) mass is 383 g/mol. The van der Waals surface area contributed by atoms with E-state index in [0.717, 1.165) is 34.5 Å². The summed E-state index contributed by atoms with van der Waals surface area (Å²) in [5.74, 6) is 1.16. The first-order chi connectivity index (χ1) is 13.3. The van der Waals surface area contributed by atoms with Gasteiger partial charge in [-0.2, -0.15) is 9.97 Å². The van der Waals surface area contributed by atoms with Crippen LogP contribution in [0.5, 0.6) is 0 Å². The van der Waals surface area contributed by atoms with Gasteiger partial charge < -0.3 is 26.0 Å². The number of hydrogen-bond donors (Lipinski definition) is 4. The number of nitrogens with zero attached hydrogens (tertiary/aromatic N) is 4. The van der Waals surface area contributed by atoms with Crippen LogP contribution in [0, 0.1) is 6.92 Å². The van der Waals surface area contributed by atoms with Gasteiger partial charge in [0.05, 0.1) is 11.9 Å². The molecule has 0 radical (unpaired) electrons. The van der Waals surface area contributed by atoms with Crippen molar-refractivity contribution in [3.63, 3.8) is 0 Å². The number of benzene rings is 1. The van der Waals surface area contributed by atoms with Crippen LogP contribution in [0.3, 0.4) is 0 Å². The number of aromatic nitrogens is 4. The average molecular weight is 384 g/mol. The number of hydrogen-bond acceptors (Lipinski definition) is 7. The number of aliphatic hydroxyl groups is 1. The van der Waals surface area contributed by atoms with Gasteiger partial charge in [-0.05, 0) is 51.3 Å². The van der Waals surface area contributed by atoms with E-state index >= 15 is 0 Å². The zero-order valence-electron chi connectivity index (χ0n) is 17.0. The van der Waals surface area contributed by atoms with Crippen LogP contribution in [-0.4, -0.2) is 36.8 Å². The summed E-state index contributed by atoms with van der Waals surface area (Å²) in [7, 11) is 0. The van der Waals surface area contributed by atoms with Crippen molar-refractivity contribution >= 4 is 28.6 Å². The molecule has 1 aromatic carbocycles. The van der Waals surface area contributed by atoms with E-state index in [-0.39, 0.29) is 0 Å². The first kappa shape index (κ1) is 19.9. The first-order valence-corrected chi connectivity index (χ1v) is 9.55. The fourth-order valence-corrected chi connectivity index (χ4v) is 2.91. The molecule has 2 heterocycles. The van der Waals surface area contributed by atoms with Crippen molar-refractivity contribution in [2.45, 2.75) is 52.8 Å². The summed E-state index contributed by atoms with van der Waals surface area (Å²) in [6.07, 6.45) is 2.36. The Morgan fingerprint density at radius 3 is 2.68 bits per heavy atom. The zero-order valence-corrected chi connectivity index (χ0v) is 17.0. The van der Waals surface area contributed by atoms with Gasteiger partial charge in [0, 0.05) is 25.3 Å². The van der Waals surface area contributed by atoms with Gasteiger partial charge in [0.15, 0.2) is 17.0 Å². The number of rotatable bonds is 8. The number of nitrogen functional groups attached to an aromatic ring is 1. The van der Waals surface area contributed by atoms with E-state index in [1.807, 2.05) is 36.6 Å². The minimum Gasteiger partial charge on any atom is -0.398 e. The summed E-state index contributed by atoms with van der Waals surface area (Å²) in [6.45, 7) is 9.50. The van der Waals surface area contributed by atoms with Gasteiger partial charge in [-0.25, -0.2) is 4.98 Å². The van der Waals surface area contributed by atoms with E-state index in [2.05, 4.69) is 25.6 Å². The molecule has 150 valence electrons. The number of anilines is 3. The molecule has 0 saturated heterocycles. The number of nitrogens with two attached hydrogens (primary N) is 1. The van der Waals surface area contributed by atoms with E-state index in [4.69, 9.17) is 5.73 Å². The van der Waals surface area contributed by atoms with Crippen LogP contribution < -0.4 is 16.4 Å². The van der Waals surface area contributed by atoms with E-state index in [0.29, 0.717) is 31.3 Å². The van der Waals surface area contributed by atoms with Crippen molar-refractivity contribution in [2.75, 3.05) is 22.9 Å². The summed E-state index contributed by atoms with van der Waals surface area (Å²) in [6, 6.07) is 6.02. The highest BCUT2D eigenvalue weighted by Gasteiger charge is 2.15. The molecular weight excluding hydrogens is 354 g/mol. The van der Waals surface area contributed by atoms with Gasteiger partial charge in [-0.3, -0.25) is 0 Å². The standard InChI is InChI=1S/C20H29N7O/c1-5-27-12-24-16-17(23-11-14-7-6-13(2)10-15(14)21)25-19(26-18(16)27)22-9-8-20(3,4)28/h6-7,10,12,28H,5,8-9,11,21H2,1-4H3,(H2,22,23,25,26). The topological polar surface area (TPSA) is 114 Å². The molecule has 0 saturated carbocycles. The van der Waals surface area contributed by atoms with Gasteiger partial charge in [0.1, 0.15) is 0 Å². The maximum Gasteiger partial charge on any atom is 0.226 e. The van der Waals surface area contributed by atoms with Crippen LogP contribution >= 0.6 is 0 Å². The van der Waals surface area contributed by atoms with Crippen LogP contribution in [0.25, 0.3) is 11.2 Å². The van der Waals surface area contributed by atoms with Gasteiger partial charge >= 0.3 is 0 Å². The largest absolute Gasteiger partial charge is 0.398 e. The molecule has 0 aliphatic carbocycles. The van der Waals surface area contributed by atoms with Crippen LogP contribution in [-0.2, 0) is 13.1 Å². The molecular formula is C20H29N7O. The van der Waals surface area contributed by atoms with Crippen molar-refractivity contribution < 1.29 is 5.11 Å². The molecule has 0 spiro atoms. The van der Waals surface area contributed by atoms with Gasteiger partial charge in [-0.1, -0.05) is 12.1 Å². The lowest BCUT2D eigenvalue weighted by Gasteiger charge is -2.17. The molecule has 0 amide bonds. The lowest BCUT2D eigenvalue weighted by molar-refractivity contribution is 0.0748. The van der Waals surface area contributed by atoms with Crippen LogP contribution in [0.1, 0.15) is 38.3 Å². The molecule has 3 aromatic rings. The highest BCUT2D eigenvalue weighted by molar-refractivity contribution is 5.84. The highest BCUT2D eigenvalue weighted by atomic mass is 16.3. The molecule has 28 heavy (non-hydrogen) atoms. The fourth-order valence-electron chi connectivity index (χ4n) is 2.91. The Balaban J connectivity index is 1.85. The van der Waals surface area contributed by atoms with Crippen molar-refractivity contribution in [1.29, 1.82) is 0 Å². The van der Waals surface area contributed by atoms with Gasteiger partial charge in [0.25, 0.3) is 0 Å². The predicted molar refractivity (Wildman–Crippen MR) is 113 cm³/mol. The third-order valence-electron chi connectivity index (χ3n) is 4.57. The Kier molecular flexibility index (Phi) is 5.69. The van der Waals surface area contributed by atoms with Gasteiger partial charge in [-0.15, -0.1) is 0 Å². The molecule has 8 nitrogen and oxygen atoms in total. The van der Waals surface area contributed by atoms with E-state index in [1.165, 1.54) is 0 Å². The second-order valence-corrected chi connectivity index (χ2v) is 7.64. The van der Waals surface area contributed by atoms with Crippen molar-refractivity contribution in [3.8, 4) is 0 Å². The molecule has 0 atom stereocenters. The summed E-state index contributed by atoms with van der Waals surface area (Å²) in [5, 5.41) is 16.5. The van der Waals surface area contributed by atoms with Crippen LogP contribution in [0.4, 0.5) is 17.5 Å². The molecule has 8 heteroatoms. The van der Waals surface area contributed by atoms with Crippen LogP contribution in [0.15, 0.2) is 24.5 Å². The van der Waals surface area contributed by atoms with Crippen LogP contribution in [0.2, 0.25) is 0 Å². The third-order valence-corrected chi connectivity index (χ3v) is 4.57. The summed E-state index contributed by atoms with van der Waals surface area (Å²) in [5.41, 5.74) is 9.76. The number of imidazole rings is 1. The third kappa shape index (κ3) is 4.69. The number of aryl methyl sites for hydroxylation is 2. The van der Waals surface area contributed by atoms with E-state index < -0.39 is 5.60 Å². The Morgan fingerprint density at radius 2 is 2.00 bits per heavy atom. The Hall–Kier alpha value is -2.87. The maximum atomic E-state index is 9.91. The lowest BCUT2D eigenvalue weighted by atomic mass is 10.1. The molecule has 0 unspecified atom stereocenters. The Morgan fingerprint density at radius 1 is 1.21 bits per heavy atom. The average Bonchev–Trinajstić information content (AvgIpc) is 3.03. The zero-order chi connectivity index (χ0) is 20.3. The second kappa shape index (κ2) is 8.02. The quantitative estimate of drug-likeness (QED) is 0.442. The van der Waals surface area contributed by atoms with E-state index in [1.54, 1.807) is 20.2 Å². The fraction of sp³-hybridized carbons (Fsp3) is 0.450. The van der Waals surface area contributed by atoms with Crippen molar-refractivity contribution in [3.05, 3.63) is 35.7 Å². The SMILES string of the molecule is CCn1cnc2c(NCc3ccc(C)cc3N)nc(NCCC(C)(C)O)nc21. The molecule has 0 aliphatic heterocycles. The second-order valence-electron chi connectivity index (χ2n) is 7.64. The Bertz CT molecular complexity index is 959. The van der Waals surface area contributed by atoms with Gasteiger partial charge in [0.2, 0.25) is 5.95 Å². The smallest absolute Gasteiger partial charge is 0.226 e. The van der Waals surface area contributed by atoms with Crippen molar-refractivity contribution in [2.24, 2.45) is 0 Å². The molecule has 0 bridgehead atoms. The molecule has 0 fully saturated rings. The summed E-state index contributed by atoms with van der Waals surface area (Å²) >= 11 is 0. The minimum atomic E-state index is -0.744. The molecule has 2 aromatic heterocycles. The number of nitrogens with one attached hydrogen (secondary N) is 2. The predicted octanol–water partition coefficient (Wildman–Crippen LogP) is 2.92. The highest BCUT2D eigenvalue weighted by Crippen LogP contribution is 2.23. The lowest BCUT2D eigenvalue weighted by Crippen LogP contribution is -2.23. The Labute approximate surface area is 165 Å². The first-order valence-electron chi connectivity index (χ1n) is 9.55.